The Balaban J connectivity index is 2.17. The van der Waals surface area contributed by atoms with E-state index in [0.717, 1.165) is 19.3 Å². The largest absolute Gasteiger partial charge is 0.259 e. The highest BCUT2D eigenvalue weighted by Gasteiger charge is 2.28. The van der Waals surface area contributed by atoms with Crippen LogP contribution in [0.2, 0.25) is 0 Å². The van der Waals surface area contributed by atoms with Gasteiger partial charge in [-0.2, -0.15) is 0 Å². The van der Waals surface area contributed by atoms with Crippen molar-refractivity contribution in [1.29, 1.82) is 0 Å². The number of allylic oxidation sites excluding steroid dienone is 3. The van der Waals surface area contributed by atoms with E-state index < -0.39 is 0 Å². The van der Waals surface area contributed by atoms with E-state index in [1.165, 1.54) is 5.56 Å². The van der Waals surface area contributed by atoms with Crippen LogP contribution in [-0.4, -0.2) is 4.92 Å². The van der Waals surface area contributed by atoms with Gasteiger partial charge in [0.25, 0.3) is 0 Å². The van der Waals surface area contributed by atoms with Gasteiger partial charge < -0.3 is 0 Å². The molecule has 0 fully saturated rings. The van der Waals surface area contributed by atoms with E-state index in [1.54, 1.807) is 0 Å². The van der Waals surface area contributed by atoms with E-state index in [1.807, 2.05) is 30.4 Å². The summed E-state index contributed by atoms with van der Waals surface area (Å²) in [7, 11) is 0. The number of rotatable bonds is 5. The monoisotopic (exact) mass is 257 g/mol. The molecule has 0 saturated carbocycles. The minimum absolute atomic E-state index is 0.234. The van der Waals surface area contributed by atoms with E-state index in [0.29, 0.717) is 18.0 Å². The third-order valence-electron chi connectivity index (χ3n) is 3.80. The molecule has 1 aliphatic rings. The standard InChI is InChI=1S/C16H19NO2/c1-2-6-14-9-10-16(17(18)19)12-15(14)11-13-7-4-3-5-8-13/h2-5,7-8,12,14-15H,1,6,9-11H2. The van der Waals surface area contributed by atoms with Crippen molar-refractivity contribution < 1.29 is 4.92 Å². The van der Waals surface area contributed by atoms with Gasteiger partial charge in [0.05, 0.1) is 4.92 Å². The van der Waals surface area contributed by atoms with Crippen molar-refractivity contribution in [2.45, 2.75) is 25.7 Å². The molecule has 2 rings (SSSR count). The van der Waals surface area contributed by atoms with Gasteiger partial charge in [-0.15, -0.1) is 6.58 Å². The minimum Gasteiger partial charge on any atom is -0.259 e. The molecule has 0 N–H and O–H groups in total. The zero-order valence-corrected chi connectivity index (χ0v) is 11.0. The maximum atomic E-state index is 10.9. The first kappa shape index (κ1) is 13.5. The number of benzene rings is 1. The number of hydrogen-bond donors (Lipinski definition) is 0. The van der Waals surface area contributed by atoms with E-state index in [9.17, 15) is 10.1 Å². The predicted molar refractivity (Wildman–Crippen MR) is 76.3 cm³/mol. The van der Waals surface area contributed by atoms with Gasteiger partial charge >= 0.3 is 0 Å². The Labute approximate surface area is 113 Å². The fraction of sp³-hybridized carbons (Fsp3) is 0.375. The number of nitro groups is 1. The first-order valence-electron chi connectivity index (χ1n) is 6.70. The van der Waals surface area contributed by atoms with Crippen LogP contribution < -0.4 is 0 Å². The van der Waals surface area contributed by atoms with E-state index in [2.05, 4.69) is 18.7 Å². The number of hydrogen-bond acceptors (Lipinski definition) is 2. The van der Waals surface area contributed by atoms with Crippen molar-refractivity contribution in [3.05, 3.63) is 70.4 Å². The van der Waals surface area contributed by atoms with Crippen LogP contribution in [0, 0.1) is 22.0 Å². The molecule has 0 spiro atoms. The molecule has 19 heavy (non-hydrogen) atoms. The second kappa shape index (κ2) is 6.32. The van der Waals surface area contributed by atoms with Gasteiger partial charge in [-0.25, -0.2) is 0 Å². The summed E-state index contributed by atoms with van der Waals surface area (Å²) < 4.78 is 0. The zero-order valence-electron chi connectivity index (χ0n) is 11.0. The van der Waals surface area contributed by atoms with Crippen LogP contribution in [0.1, 0.15) is 24.8 Å². The molecule has 0 radical (unpaired) electrons. The third-order valence-corrected chi connectivity index (χ3v) is 3.80. The molecule has 2 unspecified atom stereocenters. The lowest BCUT2D eigenvalue weighted by Gasteiger charge is -2.27. The summed E-state index contributed by atoms with van der Waals surface area (Å²) in [5.41, 5.74) is 1.61. The molecule has 0 amide bonds. The van der Waals surface area contributed by atoms with Crippen molar-refractivity contribution in [1.82, 2.24) is 0 Å². The van der Waals surface area contributed by atoms with Crippen molar-refractivity contribution in [3.63, 3.8) is 0 Å². The molecular formula is C16H19NO2. The van der Waals surface area contributed by atoms with Crippen molar-refractivity contribution >= 4 is 0 Å². The summed E-state index contributed by atoms with van der Waals surface area (Å²) >= 11 is 0. The molecule has 0 aliphatic heterocycles. The van der Waals surface area contributed by atoms with Gasteiger partial charge in [0, 0.05) is 6.42 Å². The van der Waals surface area contributed by atoms with E-state index >= 15 is 0 Å². The molecule has 0 bridgehead atoms. The second-order valence-electron chi connectivity index (χ2n) is 5.09. The summed E-state index contributed by atoms with van der Waals surface area (Å²) in [5.74, 6) is 0.718. The normalized spacial score (nSPS) is 22.6. The predicted octanol–water partition coefficient (Wildman–Crippen LogP) is 3.99. The Morgan fingerprint density at radius 2 is 2.11 bits per heavy atom. The van der Waals surface area contributed by atoms with Crippen LogP contribution in [0.4, 0.5) is 0 Å². The Bertz CT molecular complexity index is 479. The Kier molecular flexibility index (Phi) is 4.50. The highest BCUT2D eigenvalue weighted by atomic mass is 16.6. The van der Waals surface area contributed by atoms with Gasteiger partial charge in [0.2, 0.25) is 5.70 Å². The second-order valence-corrected chi connectivity index (χ2v) is 5.09. The fourth-order valence-electron chi connectivity index (χ4n) is 2.78. The van der Waals surface area contributed by atoms with Gasteiger partial charge in [-0.1, -0.05) is 36.4 Å². The van der Waals surface area contributed by atoms with Crippen LogP contribution >= 0.6 is 0 Å². The van der Waals surface area contributed by atoms with Crippen molar-refractivity contribution in [3.8, 4) is 0 Å². The van der Waals surface area contributed by atoms with Gasteiger partial charge in [-0.3, -0.25) is 10.1 Å². The topological polar surface area (TPSA) is 43.1 Å². The molecule has 3 heteroatoms. The highest BCUT2D eigenvalue weighted by molar-refractivity contribution is 5.18. The van der Waals surface area contributed by atoms with Crippen molar-refractivity contribution in [2.24, 2.45) is 11.8 Å². The maximum absolute atomic E-state index is 10.9. The maximum Gasteiger partial charge on any atom is 0.242 e. The number of nitrogens with zero attached hydrogens (tertiary/aromatic N) is 1. The van der Waals surface area contributed by atoms with Gasteiger partial charge in [-0.05, 0) is 42.7 Å². The average Bonchev–Trinajstić information content (AvgIpc) is 2.42. The smallest absolute Gasteiger partial charge is 0.242 e. The summed E-state index contributed by atoms with van der Waals surface area (Å²) in [5, 5.41) is 10.9. The lowest BCUT2D eigenvalue weighted by Crippen LogP contribution is -2.21. The molecular weight excluding hydrogens is 238 g/mol. The molecule has 2 atom stereocenters. The van der Waals surface area contributed by atoms with Gasteiger partial charge in [0.1, 0.15) is 0 Å². The fourth-order valence-corrected chi connectivity index (χ4v) is 2.78. The third kappa shape index (κ3) is 3.53. The van der Waals surface area contributed by atoms with E-state index in [4.69, 9.17) is 0 Å². The van der Waals surface area contributed by atoms with Crippen LogP contribution in [-0.2, 0) is 6.42 Å². The molecule has 1 aromatic rings. The van der Waals surface area contributed by atoms with Crippen LogP contribution in [0.15, 0.2) is 54.8 Å². The summed E-state index contributed by atoms with van der Waals surface area (Å²) in [6, 6.07) is 10.2. The van der Waals surface area contributed by atoms with Crippen molar-refractivity contribution in [2.75, 3.05) is 0 Å². The molecule has 0 heterocycles. The Morgan fingerprint density at radius 1 is 1.37 bits per heavy atom. The zero-order chi connectivity index (χ0) is 13.7. The molecule has 100 valence electrons. The highest BCUT2D eigenvalue weighted by Crippen LogP contribution is 2.33. The Morgan fingerprint density at radius 3 is 2.74 bits per heavy atom. The molecule has 3 nitrogen and oxygen atoms in total. The Hall–Kier alpha value is -1.90. The molecule has 0 saturated heterocycles. The molecule has 0 aromatic heterocycles. The van der Waals surface area contributed by atoms with Crippen LogP contribution in [0.5, 0.6) is 0 Å². The van der Waals surface area contributed by atoms with E-state index in [-0.39, 0.29) is 10.8 Å². The summed E-state index contributed by atoms with van der Waals surface area (Å²) in [6.45, 7) is 3.80. The molecule has 1 aromatic carbocycles. The SMILES string of the molecule is C=CCC1CCC([N+](=O)[O-])=CC1Cc1ccccc1. The first-order valence-corrected chi connectivity index (χ1v) is 6.70. The lowest BCUT2D eigenvalue weighted by atomic mass is 9.77. The summed E-state index contributed by atoms with van der Waals surface area (Å²) in [6.07, 6.45) is 7.06. The summed E-state index contributed by atoms with van der Waals surface area (Å²) in [4.78, 5) is 10.7. The van der Waals surface area contributed by atoms with Gasteiger partial charge in [0.15, 0.2) is 0 Å². The quantitative estimate of drug-likeness (QED) is 0.454. The minimum atomic E-state index is -0.234. The first-order chi connectivity index (χ1) is 9.20. The van der Waals surface area contributed by atoms with Crippen LogP contribution in [0.3, 0.4) is 0 Å². The lowest BCUT2D eigenvalue weighted by molar-refractivity contribution is -0.429. The average molecular weight is 257 g/mol. The molecule has 1 aliphatic carbocycles. The van der Waals surface area contributed by atoms with Crippen LogP contribution in [0.25, 0.3) is 0 Å².